The van der Waals surface area contributed by atoms with Crippen molar-refractivity contribution in [2.45, 2.75) is 43.7 Å². The van der Waals surface area contributed by atoms with E-state index < -0.39 is 5.60 Å². The molecule has 1 heterocycles. The third-order valence-corrected chi connectivity index (χ3v) is 4.96. The molecule has 126 valence electrons. The van der Waals surface area contributed by atoms with Crippen LogP contribution in [0.4, 0.5) is 4.79 Å². The second-order valence-electron chi connectivity index (χ2n) is 6.85. The van der Waals surface area contributed by atoms with E-state index in [0.29, 0.717) is 18.9 Å². The molecule has 0 bridgehead atoms. The molecule has 3 rings (SSSR count). The molecule has 2 aliphatic rings. The number of nitrogens with one attached hydrogen (secondary N) is 2. The van der Waals surface area contributed by atoms with Crippen molar-refractivity contribution in [3.8, 4) is 0 Å². The van der Waals surface area contributed by atoms with Crippen LogP contribution in [0.1, 0.15) is 43.7 Å². The molecule has 5 nitrogen and oxygen atoms in total. The van der Waals surface area contributed by atoms with Crippen molar-refractivity contribution >= 4 is 6.03 Å². The van der Waals surface area contributed by atoms with Gasteiger partial charge in [-0.2, -0.15) is 0 Å². The molecule has 0 spiro atoms. The summed E-state index contributed by atoms with van der Waals surface area (Å²) in [6.07, 6.45) is 5.35. The molecular formula is C18H26N2O3. The second kappa shape index (κ2) is 7.32. The van der Waals surface area contributed by atoms with Crippen LogP contribution in [0, 0.1) is 5.92 Å². The van der Waals surface area contributed by atoms with E-state index in [0.717, 1.165) is 12.0 Å². The van der Waals surface area contributed by atoms with Crippen molar-refractivity contribution in [2.75, 3.05) is 19.8 Å². The van der Waals surface area contributed by atoms with Crippen molar-refractivity contribution in [1.29, 1.82) is 0 Å². The number of hydrogen-bond acceptors (Lipinski definition) is 3. The van der Waals surface area contributed by atoms with Gasteiger partial charge in [-0.15, -0.1) is 0 Å². The molecule has 2 amide bonds. The Balaban J connectivity index is 1.55. The Hall–Kier alpha value is -1.59. The van der Waals surface area contributed by atoms with Crippen LogP contribution in [0.15, 0.2) is 30.3 Å². The van der Waals surface area contributed by atoms with Crippen LogP contribution in [0.2, 0.25) is 0 Å². The van der Waals surface area contributed by atoms with Crippen LogP contribution in [0.3, 0.4) is 0 Å². The molecule has 1 saturated carbocycles. The predicted octanol–water partition coefficient (Wildman–Crippen LogP) is 2.37. The van der Waals surface area contributed by atoms with Gasteiger partial charge in [-0.1, -0.05) is 49.6 Å². The first-order valence-corrected chi connectivity index (χ1v) is 8.54. The van der Waals surface area contributed by atoms with E-state index in [1.807, 2.05) is 18.2 Å². The summed E-state index contributed by atoms with van der Waals surface area (Å²) in [5.74, 6) is 0.702. The monoisotopic (exact) mass is 318 g/mol. The van der Waals surface area contributed by atoms with Gasteiger partial charge in [-0.25, -0.2) is 4.79 Å². The second-order valence-corrected chi connectivity index (χ2v) is 6.85. The fourth-order valence-electron chi connectivity index (χ4n) is 3.22. The van der Waals surface area contributed by atoms with Crippen LogP contribution in [-0.2, 0) is 4.74 Å². The highest BCUT2D eigenvalue weighted by Gasteiger charge is 2.33. The molecule has 23 heavy (non-hydrogen) atoms. The Morgan fingerprint density at radius 1 is 1.35 bits per heavy atom. The number of hydrogen-bond donors (Lipinski definition) is 3. The Morgan fingerprint density at radius 2 is 2.13 bits per heavy atom. The molecule has 2 atom stereocenters. The smallest absolute Gasteiger partial charge is 0.315 e. The van der Waals surface area contributed by atoms with Gasteiger partial charge in [0.15, 0.2) is 0 Å². The molecule has 1 saturated heterocycles. The maximum absolute atomic E-state index is 12.2. The highest BCUT2D eigenvalue weighted by Crippen LogP contribution is 2.34. The minimum absolute atomic E-state index is 0.0240. The summed E-state index contributed by atoms with van der Waals surface area (Å²) < 4.78 is 5.20. The Kier molecular flexibility index (Phi) is 5.18. The zero-order valence-corrected chi connectivity index (χ0v) is 13.5. The van der Waals surface area contributed by atoms with E-state index in [1.165, 1.54) is 19.3 Å². The van der Waals surface area contributed by atoms with Crippen molar-refractivity contribution in [1.82, 2.24) is 10.6 Å². The maximum Gasteiger partial charge on any atom is 0.315 e. The number of urea groups is 1. The van der Waals surface area contributed by atoms with Crippen molar-refractivity contribution in [3.05, 3.63) is 35.9 Å². The molecule has 0 radical (unpaired) electrons. The van der Waals surface area contributed by atoms with Crippen LogP contribution in [0.5, 0.6) is 0 Å². The number of carbonyl (C=O) groups excluding carboxylic acids is 1. The number of rotatable bonds is 6. The molecule has 0 unspecified atom stereocenters. The third kappa shape index (κ3) is 4.45. The highest BCUT2D eigenvalue weighted by molar-refractivity contribution is 5.74. The third-order valence-electron chi connectivity index (χ3n) is 4.96. The molecule has 5 heteroatoms. The van der Waals surface area contributed by atoms with E-state index in [1.54, 1.807) is 0 Å². The molecule has 3 N–H and O–H groups in total. The quantitative estimate of drug-likeness (QED) is 0.754. The number of amides is 2. The first kappa shape index (κ1) is 16.3. The zero-order chi connectivity index (χ0) is 16.1. The zero-order valence-electron chi connectivity index (χ0n) is 13.5. The highest BCUT2D eigenvalue weighted by atomic mass is 16.5. The summed E-state index contributed by atoms with van der Waals surface area (Å²) in [7, 11) is 0. The first-order chi connectivity index (χ1) is 11.1. The van der Waals surface area contributed by atoms with Gasteiger partial charge in [0.05, 0.1) is 19.2 Å². The van der Waals surface area contributed by atoms with E-state index >= 15 is 0 Å². The summed E-state index contributed by atoms with van der Waals surface area (Å²) in [6.45, 7) is 1.06. The Morgan fingerprint density at radius 3 is 2.74 bits per heavy atom. The largest absolute Gasteiger partial charge is 0.386 e. The SMILES string of the molecule is O=C(NC[C@@]1(O)CCOC1)N[C@H](CC1CCC1)c1ccccc1. The molecular weight excluding hydrogens is 292 g/mol. The average molecular weight is 318 g/mol. The van der Waals surface area contributed by atoms with Gasteiger partial charge in [0.2, 0.25) is 0 Å². The lowest BCUT2D eigenvalue weighted by atomic mass is 9.79. The molecule has 0 aromatic heterocycles. The standard InChI is InChI=1S/C18H26N2O3/c21-17(19-12-18(22)9-10-23-13-18)20-16(11-14-5-4-6-14)15-7-2-1-3-8-15/h1-3,7-8,14,16,22H,4-6,9-13H2,(H2,19,20,21)/t16-,18+/m1/s1. The van der Waals surface area contributed by atoms with E-state index in [2.05, 4.69) is 22.8 Å². The lowest BCUT2D eigenvalue weighted by Crippen LogP contribution is -2.47. The van der Waals surface area contributed by atoms with Crippen LogP contribution in [-0.4, -0.2) is 36.5 Å². The van der Waals surface area contributed by atoms with E-state index in [-0.39, 0.29) is 25.2 Å². The summed E-state index contributed by atoms with van der Waals surface area (Å²) in [5, 5.41) is 16.1. The van der Waals surface area contributed by atoms with Gasteiger partial charge >= 0.3 is 6.03 Å². The van der Waals surface area contributed by atoms with Gasteiger partial charge < -0.3 is 20.5 Å². The lowest BCUT2D eigenvalue weighted by molar-refractivity contribution is 0.0290. The maximum atomic E-state index is 12.2. The van der Waals surface area contributed by atoms with Gasteiger partial charge in [-0.05, 0) is 17.9 Å². The number of ether oxygens (including phenoxy) is 1. The van der Waals surface area contributed by atoms with Crippen LogP contribution >= 0.6 is 0 Å². The molecule has 1 aromatic carbocycles. The fourth-order valence-corrected chi connectivity index (χ4v) is 3.22. The summed E-state index contributed by atoms with van der Waals surface area (Å²) >= 11 is 0. The molecule has 1 aliphatic carbocycles. The molecule has 1 aromatic rings. The normalized spacial score (nSPS) is 25.6. The molecule has 1 aliphatic heterocycles. The van der Waals surface area contributed by atoms with E-state index in [9.17, 15) is 9.90 Å². The van der Waals surface area contributed by atoms with Crippen molar-refractivity contribution < 1.29 is 14.6 Å². The van der Waals surface area contributed by atoms with Crippen molar-refractivity contribution in [3.63, 3.8) is 0 Å². The van der Waals surface area contributed by atoms with Crippen LogP contribution in [0.25, 0.3) is 0 Å². The minimum Gasteiger partial charge on any atom is -0.386 e. The van der Waals surface area contributed by atoms with Crippen molar-refractivity contribution in [2.24, 2.45) is 5.92 Å². The van der Waals surface area contributed by atoms with E-state index in [4.69, 9.17) is 4.74 Å². The van der Waals surface area contributed by atoms with Gasteiger partial charge in [-0.3, -0.25) is 0 Å². The number of benzene rings is 1. The van der Waals surface area contributed by atoms with Gasteiger partial charge in [0.1, 0.15) is 5.60 Å². The first-order valence-electron chi connectivity index (χ1n) is 8.54. The topological polar surface area (TPSA) is 70.6 Å². The lowest BCUT2D eigenvalue weighted by Gasteiger charge is -2.30. The Bertz CT molecular complexity index is 510. The van der Waals surface area contributed by atoms with Gasteiger partial charge in [0, 0.05) is 13.0 Å². The minimum atomic E-state index is -0.923. The summed E-state index contributed by atoms with van der Waals surface area (Å²) in [4.78, 5) is 12.2. The number of aliphatic hydroxyl groups is 1. The van der Waals surface area contributed by atoms with Gasteiger partial charge in [0.25, 0.3) is 0 Å². The summed E-state index contributed by atoms with van der Waals surface area (Å²) in [5.41, 5.74) is 0.213. The number of carbonyl (C=O) groups is 1. The Labute approximate surface area is 137 Å². The summed E-state index contributed by atoms with van der Waals surface area (Å²) in [6, 6.07) is 9.90. The van der Waals surface area contributed by atoms with Crippen LogP contribution < -0.4 is 10.6 Å². The molecule has 2 fully saturated rings. The average Bonchev–Trinajstić information content (AvgIpc) is 2.96. The predicted molar refractivity (Wildman–Crippen MR) is 88.1 cm³/mol. The fraction of sp³-hybridized carbons (Fsp3) is 0.611.